The Kier molecular flexibility index (Phi) is 9.10. The number of nitrogens with zero attached hydrogens (tertiary/aromatic N) is 1. The molecule has 0 saturated heterocycles. The SMILES string of the molecule is C=COCCN(CCOC(C)(C)C)CCOC(C)(C)C. The second-order valence-electron chi connectivity index (χ2n) is 6.80. The third kappa shape index (κ3) is 13.8. The van der Waals surface area contributed by atoms with E-state index in [0.717, 1.165) is 19.6 Å². The van der Waals surface area contributed by atoms with Gasteiger partial charge in [-0.1, -0.05) is 6.58 Å². The highest BCUT2D eigenvalue weighted by molar-refractivity contribution is 4.64. The fourth-order valence-electron chi connectivity index (χ4n) is 1.56. The average Bonchev–Trinajstić information content (AvgIpc) is 2.25. The molecule has 0 aliphatic carbocycles. The first kappa shape index (κ1) is 19.4. The molecule has 0 fully saturated rings. The first-order chi connectivity index (χ1) is 9.14. The van der Waals surface area contributed by atoms with Crippen LogP contribution in [0.5, 0.6) is 0 Å². The van der Waals surface area contributed by atoms with Crippen molar-refractivity contribution in [2.75, 3.05) is 39.5 Å². The van der Waals surface area contributed by atoms with Crippen LogP contribution in [0.1, 0.15) is 41.5 Å². The summed E-state index contributed by atoms with van der Waals surface area (Å²) in [6, 6.07) is 0. The Hall–Kier alpha value is -0.580. The van der Waals surface area contributed by atoms with E-state index in [4.69, 9.17) is 14.2 Å². The molecule has 0 amide bonds. The molecular formula is C16H33NO3. The quantitative estimate of drug-likeness (QED) is 0.456. The Morgan fingerprint density at radius 3 is 1.55 bits per heavy atom. The molecule has 0 rings (SSSR count). The van der Waals surface area contributed by atoms with Gasteiger partial charge in [0.05, 0.1) is 37.3 Å². The van der Waals surface area contributed by atoms with Crippen LogP contribution in [0.15, 0.2) is 12.8 Å². The van der Waals surface area contributed by atoms with Crippen LogP contribution in [-0.4, -0.2) is 55.6 Å². The third-order valence-electron chi connectivity index (χ3n) is 2.53. The second kappa shape index (κ2) is 9.37. The molecule has 120 valence electrons. The van der Waals surface area contributed by atoms with E-state index >= 15 is 0 Å². The van der Waals surface area contributed by atoms with Crippen molar-refractivity contribution >= 4 is 0 Å². The van der Waals surface area contributed by atoms with Gasteiger partial charge in [-0.05, 0) is 41.5 Å². The normalized spacial score (nSPS) is 12.8. The van der Waals surface area contributed by atoms with E-state index in [2.05, 4.69) is 53.0 Å². The number of hydrogen-bond acceptors (Lipinski definition) is 4. The molecule has 0 aromatic carbocycles. The standard InChI is InChI=1S/C16H33NO3/c1-8-18-12-9-17(10-13-19-15(2,3)4)11-14-20-16(5,6)7/h8H,1,9-14H2,2-7H3. The first-order valence-corrected chi connectivity index (χ1v) is 7.37. The van der Waals surface area contributed by atoms with Gasteiger partial charge in [0.1, 0.15) is 0 Å². The highest BCUT2D eigenvalue weighted by atomic mass is 16.5. The van der Waals surface area contributed by atoms with E-state index in [0.29, 0.717) is 19.8 Å². The Balaban J connectivity index is 4.03. The van der Waals surface area contributed by atoms with Gasteiger partial charge in [-0.15, -0.1) is 0 Å². The fourth-order valence-corrected chi connectivity index (χ4v) is 1.56. The summed E-state index contributed by atoms with van der Waals surface area (Å²) in [7, 11) is 0. The molecule has 0 heterocycles. The minimum absolute atomic E-state index is 0.0921. The zero-order chi connectivity index (χ0) is 15.6. The fraction of sp³-hybridized carbons (Fsp3) is 0.875. The zero-order valence-electron chi connectivity index (χ0n) is 14.2. The molecule has 0 unspecified atom stereocenters. The highest BCUT2D eigenvalue weighted by Crippen LogP contribution is 2.08. The number of hydrogen-bond donors (Lipinski definition) is 0. The predicted molar refractivity (Wildman–Crippen MR) is 84.0 cm³/mol. The summed E-state index contributed by atoms with van der Waals surface area (Å²) in [6.07, 6.45) is 1.48. The maximum absolute atomic E-state index is 5.77. The van der Waals surface area contributed by atoms with E-state index in [1.165, 1.54) is 6.26 Å². The molecule has 0 aromatic heterocycles. The first-order valence-electron chi connectivity index (χ1n) is 7.37. The van der Waals surface area contributed by atoms with Crippen molar-refractivity contribution in [3.05, 3.63) is 12.8 Å². The molecule has 4 nitrogen and oxygen atoms in total. The largest absolute Gasteiger partial charge is 0.500 e. The smallest absolute Gasteiger partial charge is 0.0999 e. The molecule has 0 saturated carbocycles. The molecule has 0 spiro atoms. The summed E-state index contributed by atoms with van der Waals surface area (Å²) in [4.78, 5) is 2.29. The molecule has 4 heteroatoms. The number of rotatable bonds is 10. The van der Waals surface area contributed by atoms with E-state index in [1.54, 1.807) is 0 Å². The summed E-state index contributed by atoms with van der Waals surface area (Å²) < 4.78 is 16.7. The van der Waals surface area contributed by atoms with E-state index in [-0.39, 0.29) is 11.2 Å². The predicted octanol–water partition coefficient (Wildman–Crippen LogP) is 3.08. The van der Waals surface area contributed by atoms with Gasteiger partial charge in [0, 0.05) is 19.6 Å². The van der Waals surface area contributed by atoms with E-state index in [9.17, 15) is 0 Å². The van der Waals surface area contributed by atoms with Crippen molar-refractivity contribution in [3.63, 3.8) is 0 Å². The molecule has 0 N–H and O–H groups in total. The monoisotopic (exact) mass is 287 g/mol. The lowest BCUT2D eigenvalue weighted by atomic mass is 10.2. The van der Waals surface area contributed by atoms with Crippen LogP contribution in [-0.2, 0) is 14.2 Å². The van der Waals surface area contributed by atoms with Crippen LogP contribution in [0, 0.1) is 0 Å². The van der Waals surface area contributed by atoms with Crippen molar-refractivity contribution < 1.29 is 14.2 Å². The van der Waals surface area contributed by atoms with Gasteiger partial charge in [0.15, 0.2) is 0 Å². The molecule has 0 bridgehead atoms. The van der Waals surface area contributed by atoms with Gasteiger partial charge in [-0.25, -0.2) is 0 Å². The maximum atomic E-state index is 5.77. The zero-order valence-corrected chi connectivity index (χ0v) is 14.2. The van der Waals surface area contributed by atoms with Crippen LogP contribution in [0.25, 0.3) is 0 Å². The van der Waals surface area contributed by atoms with Gasteiger partial charge in [0.2, 0.25) is 0 Å². The summed E-state index contributed by atoms with van der Waals surface area (Å²) in [5.41, 5.74) is -0.184. The average molecular weight is 287 g/mol. The van der Waals surface area contributed by atoms with Crippen LogP contribution >= 0.6 is 0 Å². The second-order valence-corrected chi connectivity index (χ2v) is 6.80. The third-order valence-corrected chi connectivity index (χ3v) is 2.53. The Morgan fingerprint density at radius 1 is 0.800 bits per heavy atom. The molecule has 0 atom stereocenters. The van der Waals surface area contributed by atoms with Gasteiger partial charge in [-0.3, -0.25) is 4.90 Å². The van der Waals surface area contributed by atoms with E-state index in [1.807, 2.05) is 0 Å². The molecule has 0 aromatic rings. The topological polar surface area (TPSA) is 30.9 Å². The summed E-state index contributed by atoms with van der Waals surface area (Å²) >= 11 is 0. The Labute approximate surface area is 125 Å². The molecule has 0 radical (unpaired) electrons. The molecule has 0 aliphatic heterocycles. The lowest BCUT2D eigenvalue weighted by Crippen LogP contribution is -2.36. The van der Waals surface area contributed by atoms with Crippen LogP contribution < -0.4 is 0 Å². The van der Waals surface area contributed by atoms with Gasteiger partial charge < -0.3 is 14.2 Å². The lowest BCUT2D eigenvalue weighted by molar-refractivity contribution is -0.0322. The van der Waals surface area contributed by atoms with Crippen molar-refractivity contribution in [2.24, 2.45) is 0 Å². The molecule has 20 heavy (non-hydrogen) atoms. The van der Waals surface area contributed by atoms with Crippen LogP contribution in [0.2, 0.25) is 0 Å². The summed E-state index contributed by atoms with van der Waals surface area (Å²) in [5, 5.41) is 0. The minimum Gasteiger partial charge on any atom is -0.500 e. The Bertz CT molecular complexity index is 233. The van der Waals surface area contributed by atoms with Gasteiger partial charge in [-0.2, -0.15) is 0 Å². The molecule has 0 aliphatic rings. The van der Waals surface area contributed by atoms with Crippen LogP contribution in [0.3, 0.4) is 0 Å². The van der Waals surface area contributed by atoms with E-state index < -0.39 is 0 Å². The highest BCUT2D eigenvalue weighted by Gasteiger charge is 2.13. The lowest BCUT2D eigenvalue weighted by Gasteiger charge is -2.27. The molecular weight excluding hydrogens is 254 g/mol. The van der Waals surface area contributed by atoms with Crippen molar-refractivity contribution in [2.45, 2.75) is 52.7 Å². The van der Waals surface area contributed by atoms with Crippen molar-refractivity contribution in [1.29, 1.82) is 0 Å². The van der Waals surface area contributed by atoms with Crippen molar-refractivity contribution in [1.82, 2.24) is 4.90 Å². The van der Waals surface area contributed by atoms with Crippen molar-refractivity contribution in [3.8, 4) is 0 Å². The maximum Gasteiger partial charge on any atom is 0.0999 e. The summed E-state index contributed by atoms with van der Waals surface area (Å²) in [6.45, 7) is 20.7. The van der Waals surface area contributed by atoms with Gasteiger partial charge in [0.25, 0.3) is 0 Å². The summed E-state index contributed by atoms with van der Waals surface area (Å²) in [5.74, 6) is 0. The number of ether oxygens (including phenoxy) is 3. The van der Waals surface area contributed by atoms with Gasteiger partial charge >= 0.3 is 0 Å². The minimum atomic E-state index is -0.0921. The van der Waals surface area contributed by atoms with Crippen LogP contribution in [0.4, 0.5) is 0 Å². The Morgan fingerprint density at radius 2 is 1.20 bits per heavy atom.